The highest BCUT2D eigenvalue weighted by atomic mass is 79.9. The predicted molar refractivity (Wildman–Crippen MR) is 211 cm³/mol. The van der Waals surface area contributed by atoms with Crippen molar-refractivity contribution in [1.29, 1.82) is 0 Å². The third kappa shape index (κ3) is 7.77. The van der Waals surface area contributed by atoms with Crippen molar-refractivity contribution in [3.63, 3.8) is 0 Å². The van der Waals surface area contributed by atoms with E-state index in [4.69, 9.17) is 28.9 Å². The maximum Gasteiger partial charge on any atom is 0.199 e. The summed E-state index contributed by atoms with van der Waals surface area (Å²) in [5, 5.41) is 20.8. The summed E-state index contributed by atoms with van der Waals surface area (Å²) in [6.45, 7) is 0.759. The number of aromatic nitrogens is 4. The first-order chi connectivity index (χ1) is 25.3. The molecule has 2 unspecified atom stereocenters. The van der Waals surface area contributed by atoms with Crippen LogP contribution in [0.3, 0.4) is 0 Å². The third-order valence-corrected chi connectivity index (χ3v) is 10.2. The fourth-order valence-corrected chi connectivity index (χ4v) is 6.97. The van der Waals surface area contributed by atoms with Crippen molar-refractivity contribution in [2.45, 2.75) is 25.4 Å². The highest BCUT2D eigenvalue weighted by molar-refractivity contribution is 9.11. The first kappa shape index (κ1) is 35.8. The molecule has 5 aromatic rings. The lowest BCUT2D eigenvalue weighted by atomic mass is 10.0. The molecule has 2 aromatic carbocycles. The Bertz CT molecular complexity index is 2170. The molecule has 2 atom stereocenters. The number of aliphatic hydroxyl groups excluding tert-OH is 2. The molecule has 10 nitrogen and oxygen atoms in total. The molecule has 0 amide bonds. The average molecular weight is 829 g/mol. The molecule has 266 valence electrons. The van der Waals surface area contributed by atoms with Crippen molar-refractivity contribution < 1.29 is 29.2 Å². The van der Waals surface area contributed by atoms with Crippen molar-refractivity contribution >= 4 is 78.2 Å². The Morgan fingerprint density at radius 1 is 0.577 bits per heavy atom. The molecule has 8 bridgehead atoms. The van der Waals surface area contributed by atoms with Gasteiger partial charge in [-0.3, -0.25) is 0 Å². The van der Waals surface area contributed by atoms with E-state index in [1.807, 2.05) is 97.1 Å². The van der Waals surface area contributed by atoms with Gasteiger partial charge in [0.15, 0.2) is 12.6 Å². The normalized spacial score (nSPS) is 13.3. The monoisotopic (exact) mass is 826 g/mol. The van der Waals surface area contributed by atoms with Gasteiger partial charge in [0.05, 0.1) is 56.0 Å². The van der Waals surface area contributed by atoms with E-state index < -0.39 is 12.6 Å². The van der Waals surface area contributed by atoms with E-state index in [1.54, 1.807) is 14.2 Å². The zero-order chi connectivity index (χ0) is 36.2. The summed E-state index contributed by atoms with van der Waals surface area (Å²) >= 11 is 7.66. The number of nitrogens with one attached hydrogen (secondary N) is 2. The SMILES string of the molecule is COCCC(O)Oc1cccc(-c2c3nc(c(Br)c4ccc([nH]4)c(-c4cccc(OC(O)CCOC)c4)c4nc(c(Br)c5ccc2[nH]5)C=C4)C=C3)c1. The predicted octanol–water partition coefficient (Wildman–Crippen LogP) is 8.98. The molecule has 12 heteroatoms. The minimum absolute atomic E-state index is 0.343. The average Bonchev–Trinajstić information content (AvgIpc) is 3.98. The zero-order valence-electron chi connectivity index (χ0n) is 28.4. The molecule has 52 heavy (non-hydrogen) atoms. The molecule has 0 saturated carbocycles. The van der Waals surface area contributed by atoms with Gasteiger partial charge >= 0.3 is 0 Å². The van der Waals surface area contributed by atoms with Crippen LogP contribution in [0, 0.1) is 0 Å². The van der Waals surface area contributed by atoms with Gasteiger partial charge in [0.1, 0.15) is 11.5 Å². The first-order valence-electron chi connectivity index (χ1n) is 16.7. The summed E-state index contributed by atoms with van der Waals surface area (Å²) in [6, 6.07) is 23.3. The van der Waals surface area contributed by atoms with E-state index >= 15 is 0 Å². The number of hydrogen-bond acceptors (Lipinski definition) is 8. The van der Waals surface area contributed by atoms with Gasteiger partial charge < -0.3 is 39.1 Å². The van der Waals surface area contributed by atoms with E-state index in [-0.39, 0.29) is 0 Å². The van der Waals surface area contributed by atoms with Crippen LogP contribution in [0.5, 0.6) is 11.5 Å². The van der Waals surface area contributed by atoms with Crippen LogP contribution in [0.25, 0.3) is 68.6 Å². The van der Waals surface area contributed by atoms with E-state index in [1.165, 1.54) is 0 Å². The summed E-state index contributed by atoms with van der Waals surface area (Å²) in [6.07, 6.45) is 6.61. The fraction of sp³-hybridized carbons (Fsp3) is 0.200. The van der Waals surface area contributed by atoms with Crippen molar-refractivity contribution in [1.82, 2.24) is 19.9 Å². The fourth-order valence-electron chi connectivity index (χ4n) is 6.06. The molecular formula is C40H36Br2N4O6. The first-order valence-corrected chi connectivity index (χ1v) is 18.3. The van der Waals surface area contributed by atoms with Gasteiger partial charge in [0.2, 0.25) is 0 Å². The molecule has 3 aromatic heterocycles. The number of fused-ring (bicyclic) bond motifs is 8. The molecule has 0 radical (unpaired) electrons. The maximum atomic E-state index is 10.4. The zero-order valence-corrected chi connectivity index (χ0v) is 31.6. The maximum absolute atomic E-state index is 10.4. The Morgan fingerprint density at radius 3 is 1.40 bits per heavy atom. The number of hydrogen-bond donors (Lipinski definition) is 4. The van der Waals surface area contributed by atoms with Crippen LogP contribution in [0.2, 0.25) is 0 Å². The quantitative estimate of drug-likeness (QED) is 0.0898. The van der Waals surface area contributed by atoms with Gasteiger partial charge in [-0.2, -0.15) is 0 Å². The Labute approximate surface area is 317 Å². The van der Waals surface area contributed by atoms with Gasteiger partial charge in [-0.15, -0.1) is 0 Å². The Morgan fingerprint density at radius 2 is 0.981 bits per heavy atom. The van der Waals surface area contributed by atoms with E-state index in [0.717, 1.165) is 76.0 Å². The number of halogens is 2. The minimum atomic E-state index is -1.00. The van der Waals surface area contributed by atoms with Crippen molar-refractivity contribution in [2.24, 2.45) is 0 Å². The molecule has 5 heterocycles. The summed E-state index contributed by atoms with van der Waals surface area (Å²) in [5.41, 5.74) is 9.74. The molecule has 2 aliphatic heterocycles. The van der Waals surface area contributed by atoms with Gasteiger partial charge in [-0.1, -0.05) is 24.3 Å². The number of nitrogens with zero attached hydrogens (tertiary/aromatic N) is 2. The second kappa shape index (κ2) is 16.0. The smallest absolute Gasteiger partial charge is 0.199 e. The van der Waals surface area contributed by atoms with E-state index in [9.17, 15) is 10.2 Å². The van der Waals surface area contributed by atoms with Crippen LogP contribution in [-0.4, -0.2) is 70.2 Å². The molecular weight excluding hydrogens is 792 g/mol. The van der Waals surface area contributed by atoms with Crippen LogP contribution in [0.1, 0.15) is 35.6 Å². The number of aliphatic hydroxyl groups is 2. The molecule has 7 rings (SSSR count). The largest absolute Gasteiger partial charge is 0.465 e. The van der Waals surface area contributed by atoms with Gasteiger partial charge in [0.25, 0.3) is 0 Å². The Hall–Kier alpha value is -4.56. The number of benzene rings is 2. The lowest BCUT2D eigenvalue weighted by Crippen LogP contribution is -2.17. The molecule has 0 saturated heterocycles. The van der Waals surface area contributed by atoms with Crippen LogP contribution in [0.4, 0.5) is 0 Å². The van der Waals surface area contributed by atoms with Crippen LogP contribution < -0.4 is 9.47 Å². The van der Waals surface area contributed by atoms with Crippen molar-refractivity contribution in [3.05, 3.63) is 105 Å². The van der Waals surface area contributed by atoms with E-state index in [2.05, 4.69) is 41.8 Å². The lowest BCUT2D eigenvalue weighted by molar-refractivity contribution is -0.0373. The van der Waals surface area contributed by atoms with Gasteiger partial charge in [-0.25, -0.2) is 9.97 Å². The van der Waals surface area contributed by atoms with Crippen molar-refractivity contribution in [2.75, 3.05) is 27.4 Å². The van der Waals surface area contributed by atoms with E-state index in [0.29, 0.717) is 37.6 Å². The lowest BCUT2D eigenvalue weighted by Gasteiger charge is -2.14. The standard InChI is InChI=1S/C40H36Br2N4O6/c1-49-19-17-35(47)51-25-7-3-5-23(21-25)37-27-9-13-31(43-27)39(41)33-15-11-29(45-33)38(24-6-4-8-26(22-24)52-36(48)18-20-50-2)30-12-16-34(46-30)40(42)32-14-10-28(37)44-32/h3-16,21-22,35-36,43,46-48H,17-20H2,1-2H3. The molecule has 0 spiro atoms. The number of aromatic amines is 2. The summed E-state index contributed by atoms with van der Waals surface area (Å²) in [5.74, 6) is 1.05. The van der Waals surface area contributed by atoms with Crippen LogP contribution in [0.15, 0.2) is 81.7 Å². The second-order valence-corrected chi connectivity index (χ2v) is 13.7. The topological polar surface area (TPSA) is 135 Å². The number of rotatable bonds is 12. The van der Waals surface area contributed by atoms with Gasteiger partial charge in [-0.05, 0) is 116 Å². The molecule has 4 N–H and O–H groups in total. The summed E-state index contributed by atoms with van der Waals surface area (Å²) < 4.78 is 23.4. The Kier molecular flexibility index (Phi) is 11.0. The number of ether oxygens (including phenoxy) is 4. The molecule has 0 fully saturated rings. The third-order valence-electron chi connectivity index (χ3n) is 8.55. The number of H-pyrrole nitrogens is 2. The highest BCUT2D eigenvalue weighted by Crippen LogP contribution is 2.37. The summed E-state index contributed by atoms with van der Waals surface area (Å²) in [7, 11) is 3.18. The Balaban J connectivity index is 1.42. The second-order valence-electron chi connectivity index (χ2n) is 12.1. The van der Waals surface area contributed by atoms with Crippen LogP contribution in [-0.2, 0) is 9.47 Å². The minimum Gasteiger partial charge on any atom is -0.465 e. The van der Waals surface area contributed by atoms with Crippen LogP contribution >= 0.6 is 31.9 Å². The van der Waals surface area contributed by atoms with Crippen molar-refractivity contribution in [3.8, 4) is 33.8 Å². The molecule has 2 aliphatic rings. The highest BCUT2D eigenvalue weighted by Gasteiger charge is 2.18. The van der Waals surface area contributed by atoms with Gasteiger partial charge in [0, 0.05) is 49.2 Å². The summed E-state index contributed by atoms with van der Waals surface area (Å²) in [4.78, 5) is 17.4. The number of methoxy groups -OCH3 is 2. The molecule has 0 aliphatic carbocycles.